The SMILES string of the molecule is Cc1cc(C(=O)N2CCC(c3nnc4ccccn34)CC2)ccc1-n1cnnn1. The Bertz CT molecular complexity index is 1160. The van der Waals surface area contributed by atoms with E-state index in [1.807, 2.05) is 58.8 Å². The quantitative estimate of drug-likeness (QED) is 0.533. The van der Waals surface area contributed by atoms with Gasteiger partial charge in [0.25, 0.3) is 5.91 Å². The Morgan fingerprint density at radius 2 is 1.97 bits per heavy atom. The molecule has 146 valence electrons. The molecule has 1 aliphatic heterocycles. The highest BCUT2D eigenvalue weighted by atomic mass is 16.2. The first-order valence-electron chi connectivity index (χ1n) is 9.63. The number of aryl methyl sites for hydroxylation is 1. The van der Waals surface area contributed by atoms with Crippen molar-refractivity contribution in [1.82, 2.24) is 39.7 Å². The highest BCUT2D eigenvalue weighted by molar-refractivity contribution is 5.94. The van der Waals surface area contributed by atoms with Gasteiger partial charge in [0.1, 0.15) is 12.2 Å². The molecular weight excluding hydrogens is 368 g/mol. The fourth-order valence-electron chi connectivity index (χ4n) is 3.98. The molecule has 0 N–H and O–H groups in total. The summed E-state index contributed by atoms with van der Waals surface area (Å²) in [6.45, 7) is 3.37. The van der Waals surface area contributed by atoms with Gasteiger partial charge in [0.2, 0.25) is 0 Å². The molecule has 0 aliphatic carbocycles. The molecule has 29 heavy (non-hydrogen) atoms. The summed E-state index contributed by atoms with van der Waals surface area (Å²) in [4.78, 5) is 14.9. The zero-order valence-corrected chi connectivity index (χ0v) is 16.0. The van der Waals surface area contributed by atoms with Gasteiger partial charge in [-0.25, -0.2) is 4.68 Å². The number of fused-ring (bicyclic) bond motifs is 1. The Kier molecular flexibility index (Phi) is 4.27. The van der Waals surface area contributed by atoms with Crippen LogP contribution in [0.15, 0.2) is 48.9 Å². The van der Waals surface area contributed by atoms with Gasteiger partial charge in [-0.3, -0.25) is 9.20 Å². The third-order valence-corrected chi connectivity index (χ3v) is 5.53. The van der Waals surface area contributed by atoms with Gasteiger partial charge in [0.15, 0.2) is 5.65 Å². The summed E-state index contributed by atoms with van der Waals surface area (Å²) in [5.74, 6) is 1.34. The van der Waals surface area contributed by atoms with Gasteiger partial charge in [-0.05, 0) is 66.1 Å². The molecule has 9 heteroatoms. The molecule has 1 fully saturated rings. The van der Waals surface area contributed by atoms with E-state index in [1.165, 1.54) is 0 Å². The zero-order valence-electron chi connectivity index (χ0n) is 16.0. The fourth-order valence-corrected chi connectivity index (χ4v) is 3.98. The first-order valence-corrected chi connectivity index (χ1v) is 9.63. The number of carbonyl (C=O) groups is 1. The van der Waals surface area contributed by atoms with Gasteiger partial charge >= 0.3 is 0 Å². The van der Waals surface area contributed by atoms with E-state index in [9.17, 15) is 4.79 Å². The number of hydrogen-bond donors (Lipinski definition) is 0. The number of likely N-dealkylation sites (tertiary alicyclic amines) is 1. The second-order valence-corrected chi connectivity index (χ2v) is 7.31. The van der Waals surface area contributed by atoms with Gasteiger partial charge in [-0.2, -0.15) is 0 Å². The largest absolute Gasteiger partial charge is 0.339 e. The molecule has 0 radical (unpaired) electrons. The van der Waals surface area contributed by atoms with Crippen LogP contribution in [0.4, 0.5) is 0 Å². The van der Waals surface area contributed by atoms with Crippen LogP contribution in [-0.4, -0.2) is 58.7 Å². The van der Waals surface area contributed by atoms with Crippen molar-refractivity contribution in [3.63, 3.8) is 0 Å². The number of benzene rings is 1. The van der Waals surface area contributed by atoms with Crippen LogP contribution in [0.25, 0.3) is 11.3 Å². The molecule has 1 saturated heterocycles. The number of aromatic nitrogens is 7. The average Bonchev–Trinajstić information content (AvgIpc) is 3.43. The molecule has 9 nitrogen and oxygen atoms in total. The van der Waals surface area contributed by atoms with Crippen molar-refractivity contribution in [1.29, 1.82) is 0 Å². The predicted molar refractivity (Wildman–Crippen MR) is 105 cm³/mol. The maximum absolute atomic E-state index is 13.0. The molecule has 0 unspecified atom stereocenters. The highest BCUT2D eigenvalue weighted by Gasteiger charge is 2.27. The van der Waals surface area contributed by atoms with E-state index in [4.69, 9.17) is 0 Å². The molecule has 1 amide bonds. The first kappa shape index (κ1) is 17.5. The lowest BCUT2D eigenvalue weighted by molar-refractivity contribution is 0.0711. The first-order chi connectivity index (χ1) is 14.2. The lowest BCUT2D eigenvalue weighted by Crippen LogP contribution is -2.38. The van der Waals surface area contributed by atoms with Gasteiger partial charge in [-0.1, -0.05) is 6.07 Å². The third kappa shape index (κ3) is 3.14. The molecule has 5 rings (SSSR count). The summed E-state index contributed by atoms with van der Waals surface area (Å²) in [6, 6.07) is 11.5. The molecule has 1 aliphatic rings. The second-order valence-electron chi connectivity index (χ2n) is 7.31. The summed E-state index contributed by atoms with van der Waals surface area (Å²) in [5, 5.41) is 19.9. The fraction of sp³-hybridized carbons (Fsp3) is 0.300. The Labute approximate surface area is 167 Å². The van der Waals surface area contributed by atoms with Crippen LogP contribution in [-0.2, 0) is 0 Å². The maximum Gasteiger partial charge on any atom is 0.253 e. The van der Waals surface area contributed by atoms with E-state index in [0.717, 1.165) is 35.6 Å². The van der Waals surface area contributed by atoms with Crippen molar-refractivity contribution < 1.29 is 4.79 Å². The maximum atomic E-state index is 13.0. The average molecular weight is 388 g/mol. The molecule has 0 atom stereocenters. The van der Waals surface area contributed by atoms with Crippen LogP contribution in [0.1, 0.15) is 40.5 Å². The summed E-state index contributed by atoms with van der Waals surface area (Å²) < 4.78 is 3.64. The lowest BCUT2D eigenvalue weighted by atomic mass is 9.95. The molecule has 3 aromatic heterocycles. The van der Waals surface area contributed by atoms with Crippen molar-refractivity contribution in [3.05, 3.63) is 65.9 Å². The van der Waals surface area contributed by atoms with Crippen molar-refractivity contribution in [3.8, 4) is 5.69 Å². The Morgan fingerprint density at radius 3 is 2.72 bits per heavy atom. The Morgan fingerprint density at radius 1 is 1.10 bits per heavy atom. The molecule has 4 heterocycles. The predicted octanol–water partition coefficient (Wildman–Crippen LogP) is 2.03. The minimum atomic E-state index is 0.0564. The number of pyridine rings is 1. The highest BCUT2D eigenvalue weighted by Crippen LogP contribution is 2.28. The number of tetrazole rings is 1. The lowest BCUT2D eigenvalue weighted by Gasteiger charge is -2.31. The van der Waals surface area contributed by atoms with E-state index in [-0.39, 0.29) is 5.91 Å². The second kappa shape index (κ2) is 7.08. The number of carbonyl (C=O) groups excluding carboxylic acids is 1. The van der Waals surface area contributed by atoms with E-state index in [2.05, 4.69) is 25.7 Å². The minimum Gasteiger partial charge on any atom is -0.339 e. The van der Waals surface area contributed by atoms with Gasteiger partial charge in [-0.15, -0.1) is 15.3 Å². The Balaban J connectivity index is 1.29. The van der Waals surface area contributed by atoms with Crippen molar-refractivity contribution in [2.45, 2.75) is 25.7 Å². The van der Waals surface area contributed by atoms with Crippen LogP contribution < -0.4 is 0 Å². The topological polar surface area (TPSA) is 94.1 Å². The molecular formula is C20H20N8O. The smallest absolute Gasteiger partial charge is 0.253 e. The minimum absolute atomic E-state index is 0.0564. The molecule has 4 aromatic rings. The van der Waals surface area contributed by atoms with Crippen LogP contribution in [0.5, 0.6) is 0 Å². The molecule has 0 spiro atoms. The number of piperidine rings is 1. The van der Waals surface area contributed by atoms with Gasteiger partial charge in [0, 0.05) is 30.8 Å². The van der Waals surface area contributed by atoms with E-state index >= 15 is 0 Å². The monoisotopic (exact) mass is 388 g/mol. The zero-order chi connectivity index (χ0) is 19.8. The van der Waals surface area contributed by atoms with E-state index in [0.29, 0.717) is 24.6 Å². The van der Waals surface area contributed by atoms with Crippen molar-refractivity contribution >= 4 is 11.6 Å². The van der Waals surface area contributed by atoms with Gasteiger partial charge in [0.05, 0.1) is 5.69 Å². The Hall–Kier alpha value is -3.62. The third-order valence-electron chi connectivity index (χ3n) is 5.53. The standard InChI is InChI=1S/C20H20N8O/c1-14-12-16(5-6-17(14)28-13-21-24-25-28)20(29)26-10-7-15(8-11-26)19-23-22-18-4-2-3-9-27(18)19/h2-6,9,12-13,15H,7-8,10-11H2,1H3. The summed E-state index contributed by atoms with van der Waals surface area (Å²) in [5.41, 5.74) is 3.36. The summed E-state index contributed by atoms with van der Waals surface area (Å²) in [7, 11) is 0. The van der Waals surface area contributed by atoms with Crippen LogP contribution in [0.2, 0.25) is 0 Å². The molecule has 1 aromatic carbocycles. The molecule has 0 bridgehead atoms. The number of nitrogens with zero attached hydrogens (tertiary/aromatic N) is 8. The number of hydrogen-bond acceptors (Lipinski definition) is 6. The number of rotatable bonds is 3. The van der Waals surface area contributed by atoms with Gasteiger partial charge < -0.3 is 4.90 Å². The van der Waals surface area contributed by atoms with Crippen LogP contribution >= 0.6 is 0 Å². The normalized spacial score (nSPS) is 15.1. The summed E-state index contributed by atoms with van der Waals surface area (Å²) >= 11 is 0. The van der Waals surface area contributed by atoms with Crippen molar-refractivity contribution in [2.75, 3.05) is 13.1 Å². The van der Waals surface area contributed by atoms with Crippen molar-refractivity contribution in [2.24, 2.45) is 0 Å². The van der Waals surface area contributed by atoms with E-state index < -0.39 is 0 Å². The van der Waals surface area contributed by atoms with Crippen LogP contribution in [0, 0.1) is 6.92 Å². The molecule has 0 saturated carbocycles. The van der Waals surface area contributed by atoms with Crippen LogP contribution in [0.3, 0.4) is 0 Å². The van der Waals surface area contributed by atoms with E-state index in [1.54, 1.807) is 11.0 Å². The summed E-state index contributed by atoms with van der Waals surface area (Å²) in [6.07, 6.45) is 5.30. The number of amides is 1.